The highest BCUT2D eigenvalue weighted by Gasteiger charge is 2.30. The minimum absolute atomic E-state index is 0.319. The average Bonchev–Trinajstić information content (AvgIpc) is 3.51. The van der Waals surface area contributed by atoms with Gasteiger partial charge < -0.3 is 5.11 Å². The second-order valence-corrected chi connectivity index (χ2v) is 11.6. The molecule has 2 aromatic carbocycles. The fourth-order valence-corrected chi connectivity index (χ4v) is 6.30. The van der Waals surface area contributed by atoms with E-state index in [-0.39, 0.29) is 6.10 Å². The van der Waals surface area contributed by atoms with Crippen molar-refractivity contribution in [2.45, 2.75) is 92.1 Å². The Morgan fingerprint density at radius 3 is 2.54 bits per heavy atom. The fraction of sp³-hybridized carbons (Fsp3) is 0.441. The van der Waals surface area contributed by atoms with Crippen LogP contribution in [0.5, 0.6) is 0 Å². The third-order valence-electron chi connectivity index (χ3n) is 8.02. The van der Waals surface area contributed by atoms with Gasteiger partial charge in [-0.15, -0.1) is 11.3 Å². The van der Waals surface area contributed by atoms with Gasteiger partial charge in [0.25, 0.3) is 0 Å². The molecule has 0 saturated carbocycles. The van der Waals surface area contributed by atoms with Gasteiger partial charge in [-0.1, -0.05) is 81.2 Å². The number of allylic oxidation sites excluding steroid dienone is 2. The maximum Gasteiger partial charge on any atom is 0.124 e. The van der Waals surface area contributed by atoms with E-state index in [4.69, 9.17) is 4.98 Å². The Kier molecular flexibility index (Phi) is 9.56. The molecular weight excluding hydrogens is 470 g/mol. The molecule has 3 aromatic rings. The number of nitrogens with zero attached hydrogens (tertiary/aromatic N) is 1. The number of aryl methyl sites for hydroxylation is 4. The largest absolute Gasteiger partial charge is 0.388 e. The molecule has 4 rings (SSSR count). The standard InChI is InChI=1S/C34H43NOS/c1-6-8-9-16-33(36)30-21-31(32-22-37-34(35-32)28-14-10-12-26(7-2)20-28)29(25(30)5)15-11-13-27-18-17-23(3)24(4)19-27/h10,12,14,17-22,29,33,36H,6-9,11,13,15-16H2,1-5H3. The highest BCUT2D eigenvalue weighted by molar-refractivity contribution is 7.13. The first kappa shape index (κ1) is 27.5. The third-order valence-corrected chi connectivity index (χ3v) is 8.91. The summed E-state index contributed by atoms with van der Waals surface area (Å²) in [5.41, 5.74) is 11.5. The molecule has 1 aromatic heterocycles. The average molecular weight is 514 g/mol. The van der Waals surface area contributed by atoms with Gasteiger partial charge in [0, 0.05) is 16.9 Å². The Labute approximate surface area is 228 Å². The maximum atomic E-state index is 11.1. The van der Waals surface area contributed by atoms with Crippen LogP contribution in [-0.4, -0.2) is 16.2 Å². The zero-order valence-corrected chi connectivity index (χ0v) is 24.1. The molecule has 0 bridgehead atoms. The Bertz CT molecular complexity index is 1260. The van der Waals surface area contributed by atoms with Crippen molar-refractivity contribution in [3.63, 3.8) is 0 Å². The lowest BCUT2D eigenvalue weighted by Crippen LogP contribution is -2.10. The summed E-state index contributed by atoms with van der Waals surface area (Å²) in [4.78, 5) is 5.12. The van der Waals surface area contributed by atoms with Crippen molar-refractivity contribution in [3.8, 4) is 10.6 Å². The monoisotopic (exact) mass is 513 g/mol. The van der Waals surface area contributed by atoms with Crippen LogP contribution in [0, 0.1) is 19.8 Å². The Morgan fingerprint density at radius 1 is 0.946 bits per heavy atom. The van der Waals surface area contributed by atoms with E-state index >= 15 is 0 Å². The molecule has 1 N–H and O–H groups in total. The normalized spacial score (nSPS) is 16.4. The van der Waals surface area contributed by atoms with Crippen LogP contribution >= 0.6 is 11.3 Å². The van der Waals surface area contributed by atoms with Crippen molar-refractivity contribution < 1.29 is 5.11 Å². The van der Waals surface area contributed by atoms with Gasteiger partial charge in [0.1, 0.15) is 5.01 Å². The lowest BCUT2D eigenvalue weighted by molar-refractivity contribution is 0.199. The number of hydrogen-bond acceptors (Lipinski definition) is 3. The summed E-state index contributed by atoms with van der Waals surface area (Å²) >= 11 is 1.73. The van der Waals surface area contributed by atoms with Crippen molar-refractivity contribution in [1.29, 1.82) is 0 Å². The minimum atomic E-state index is -0.384. The molecule has 3 heteroatoms. The number of rotatable bonds is 12. The van der Waals surface area contributed by atoms with E-state index in [1.807, 2.05) is 0 Å². The second-order valence-electron chi connectivity index (χ2n) is 10.7. The summed E-state index contributed by atoms with van der Waals surface area (Å²) in [5, 5.41) is 14.4. The van der Waals surface area contributed by atoms with Gasteiger partial charge in [-0.2, -0.15) is 0 Å². The first-order valence-electron chi connectivity index (χ1n) is 14.1. The molecule has 1 aliphatic carbocycles. The van der Waals surface area contributed by atoms with Crippen LogP contribution in [0.2, 0.25) is 0 Å². The summed E-state index contributed by atoms with van der Waals surface area (Å²) in [6, 6.07) is 15.6. The summed E-state index contributed by atoms with van der Waals surface area (Å²) < 4.78 is 0. The first-order valence-corrected chi connectivity index (χ1v) is 15.0. The van der Waals surface area contributed by atoms with Gasteiger partial charge in [0.2, 0.25) is 0 Å². The van der Waals surface area contributed by atoms with E-state index < -0.39 is 0 Å². The van der Waals surface area contributed by atoms with Crippen molar-refractivity contribution in [1.82, 2.24) is 4.98 Å². The smallest absolute Gasteiger partial charge is 0.124 e. The predicted octanol–water partition coefficient (Wildman–Crippen LogP) is 9.28. The topological polar surface area (TPSA) is 33.1 Å². The zero-order chi connectivity index (χ0) is 26.4. The van der Waals surface area contributed by atoms with Gasteiger partial charge in [-0.3, -0.25) is 0 Å². The molecule has 0 aliphatic heterocycles. The number of aliphatic hydroxyl groups is 1. The number of aromatic nitrogens is 1. The summed E-state index contributed by atoms with van der Waals surface area (Å²) in [7, 11) is 0. The van der Waals surface area contributed by atoms with Crippen molar-refractivity contribution in [3.05, 3.63) is 93.0 Å². The third kappa shape index (κ3) is 6.69. The summed E-state index contributed by atoms with van der Waals surface area (Å²) in [5.74, 6) is 0.319. The van der Waals surface area contributed by atoms with Gasteiger partial charge in [0.05, 0.1) is 11.8 Å². The van der Waals surface area contributed by atoms with Crippen molar-refractivity contribution >= 4 is 16.9 Å². The molecular formula is C34H43NOS. The highest BCUT2D eigenvalue weighted by Crippen LogP contribution is 2.43. The van der Waals surface area contributed by atoms with Gasteiger partial charge >= 0.3 is 0 Å². The number of hydrogen-bond donors (Lipinski definition) is 1. The van der Waals surface area contributed by atoms with Crippen LogP contribution in [0.25, 0.3) is 16.1 Å². The number of benzene rings is 2. The predicted molar refractivity (Wildman–Crippen MR) is 160 cm³/mol. The molecule has 0 amide bonds. The molecule has 1 heterocycles. The lowest BCUT2D eigenvalue weighted by atomic mass is 9.88. The molecule has 196 valence electrons. The second kappa shape index (κ2) is 12.8. The van der Waals surface area contributed by atoms with Crippen LogP contribution in [0.15, 0.2) is 65.1 Å². The summed E-state index contributed by atoms with van der Waals surface area (Å²) in [6.45, 7) is 11.0. The maximum absolute atomic E-state index is 11.1. The Balaban J connectivity index is 1.56. The number of thiazole rings is 1. The van der Waals surface area contributed by atoms with E-state index in [0.29, 0.717) is 5.92 Å². The van der Waals surface area contributed by atoms with E-state index in [9.17, 15) is 5.11 Å². The molecule has 0 spiro atoms. The molecule has 1 aliphatic rings. The van der Waals surface area contributed by atoms with Crippen LogP contribution < -0.4 is 0 Å². The van der Waals surface area contributed by atoms with Crippen molar-refractivity contribution in [2.75, 3.05) is 0 Å². The molecule has 0 saturated heterocycles. The van der Waals surface area contributed by atoms with Crippen LogP contribution in [0.3, 0.4) is 0 Å². The van der Waals surface area contributed by atoms with E-state index in [0.717, 1.165) is 54.8 Å². The van der Waals surface area contributed by atoms with Gasteiger partial charge in [-0.25, -0.2) is 4.98 Å². The minimum Gasteiger partial charge on any atom is -0.388 e. The first-order chi connectivity index (χ1) is 17.9. The summed E-state index contributed by atoms with van der Waals surface area (Å²) in [6.07, 6.45) is 10.5. The molecule has 2 unspecified atom stereocenters. The van der Waals surface area contributed by atoms with E-state index in [1.165, 1.54) is 51.8 Å². The van der Waals surface area contributed by atoms with E-state index in [2.05, 4.69) is 88.5 Å². The molecule has 0 radical (unpaired) electrons. The molecule has 2 atom stereocenters. The Morgan fingerprint density at radius 2 is 1.78 bits per heavy atom. The fourth-order valence-electron chi connectivity index (χ4n) is 5.48. The number of aliphatic hydroxyl groups excluding tert-OH is 1. The van der Waals surface area contributed by atoms with Crippen LogP contribution in [0.4, 0.5) is 0 Å². The quantitative estimate of drug-likeness (QED) is 0.245. The highest BCUT2D eigenvalue weighted by atomic mass is 32.1. The molecule has 2 nitrogen and oxygen atoms in total. The Hall–Kier alpha value is -2.49. The van der Waals surface area contributed by atoms with Gasteiger partial charge in [-0.05, 0) is 92.3 Å². The van der Waals surface area contributed by atoms with Crippen LogP contribution in [0.1, 0.15) is 87.2 Å². The lowest BCUT2D eigenvalue weighted by Gasteiger charge is -2.18. The number of unbranched alkanes of at least 4 members (excludes halogenated alkanes) is 2. The van der Waals surface area contributed by atoms with Crippen LogP contribution in [-0.2, 0) is 12.8 Å². The van der Waals surface area contributed by atoms with Gasteiger partial charge in [0.15, 0.2) is 0 Å². The molecule has 37 heavy (non-hydrogen) atoms. The zero-order valence-electron chi connectivity index (χ0n) is 23.3. The van der Waals surface area contributed by atoms with E-state index in [1.54, 1.807) is 11.3 Å². The molecule has 0 fully saturated rings. The van der Waals surface area contributed by atoms with Crippen molar-refractivity contribution in [2.24, 2.45) is 5.92 Å². The SMILES string of the molecule is CCCCCC(O)C1=C(C)C(CCCc2ccc(C)c(C)c2)C(c2csc(-c3cccc(CC)c3)n2)=C1.